The van der Waals surface area contributed by atoms with Gasteiger partial charge in [0.2, 0.25) is 0 Å². The molecule has 0 radical (unpaired) electrons. The van der Waals surface area contributed by atoms with Crippen molar-refractivity contribution in [3.8, 4) is 0 Å². The third kappa shape index (κ3) is 6.53. The number of ether oxygens (including phenoxy) is 1. The molecule has 226 valence electrons. The van der Waals surface area contributed by atoms with Crippen molar-refractivity contribution in [3.05, 3.63) is 80.5 Å². The minimum atomic E-state index is -4.49. The SMILES string of the molecule is CCOC(=O)C1=C(CN2CCN(C(=O)c3ccc(C(F)(F)F)cc3)[C@@H](C)C2)N(CC)C(=O)N[C@H]1c1cccc(Cl)c1Cl. The van der Waals surface area contributed by atoms with Gasteiger partial charge in [-0.15, -0.1) is 0 Å². The van der Waals surface area contributed by atoms with Crippen molar-refractivity contribution in [2.45, 2.75) is 39.0 Å². The maximum Gasteiger partial charge on any atom is 0.416 e. The first-order chi connectivity index (χ1) is 19.9. The van der Waals surface area contributed by atoms with Crippen molar-refractivity contribution < 1.29 is 32.3 Å². The van der Waals surface area contributed by atoms with Gasteiger partial charge in [-0.3, -0.25) is 14.6 Å². The van der Waals surface area contributed by atoms with Crippen molar-refractivity contribution in [1.82, 2.24) is 20.0 Å². The largest absolute Gasteiger partial charge is 0.463 e. The van der Waals surface area contributed by atoms with Crippen LogP contribution < -0.4 is 5.32 Å². The number of carbonyl (C=O) groups excluding carboxylic acids is 3. The molecule has 0 aliphatic carbocycles. The fraction of sp³-hybridized carbons (Fsp3) is 0.414. The van der Waals surface area contributed by atoms with Gasteiger partial charge in [0.15, 0.2) is 0 Å². The highest BCUT2D eigenvalue weighted by molar-refractivity contribution is 6.42. The van der Waals surface area contributed by atoms with Crippen molar-refractivity contribution in [1.29, 1.82) is 0 Å². The summed E-state index contributed by atoms with van der Waals surface area (Å²) in [5, 5.41) is 3.34. The summed E-state index contributed by atoms with van der Waals surface area (Å²) in [5.41, 5.74) is 0.484. The summed E-state index contributed by atoms with van der Waals surface area (Å²) in [6, 6.07) is 7.52. The van der Waals surface area contributed by atoms with E-state index in [9.17, 15) is 27.6 Å². The number of halogens is 5. The van der Waals surface area contributed by atoms with Gasteiger partial charge in [0, 0.05) is 50.0 Å². The number of hydrogen-bond donors (Lipinski definition) is 1. The van der Waals surface area contributed by atoms with Gasteiger partial charge in [0.25, 0.3) is 5.91 Å². The molecule has 0 saturated carbocycles. The highest BCUT2D eigenvalue weighted by Crippen LogP contribution is 2.38. The first-order valence-corrected chi connectivity index (χ1v) is 14.3. The van der Waals surface area contributed by atoms with Crippen LogP contribution in [-0.2, 0) is 15.7 Å². The molecule has 1 saturated heterocycles. The fourth-order valence-electron chi connectivity index (χ4n) is 5.29. The number of alkyl halides is 3. The van der Waals surface area contributed by atoms with Crippen LogP contribution in [0.3, 0.4) is 0 Å². The quantitative estimate of drug-likeness (QED) is 0.395. The molecule has 4 rings (SSSR count). The van der Waals surface area contributed by atoms with Crippen LogP contribution in [0.4, 0.5) is 18.0 Å². The van der Waals surface area contributed by atoms with E-state index in [1.165, 1.54) is 17.0 Å². The molecule has 2 aliphatic heterocycles. The summed E-state index contributed by atoms with van der Waals surface area (Å²) in [6.07, 6.45) is -4.49. The first-order valence-electron chi connectivity index (χ1n) is 13.5. The Kier molecular flexibility index (Phi) is 9.74. The molecule has 1 fully saturated rings. The smallest absolute Gasteiger partial charge is 0.416 e. The summed E-state index contributed by atoms with van der Waals surface area (Å²) in [6.45, 7) is 7.02. The molecule has 3 amide bonds. The summed E-state index contributed by atoms with van der Waals surface area (Å²) in [5.74, 6) is -0.971. The predicted octanol–water partition coefficient (Wildman–Crippen LogP) is 5.76. The van der Waals surface area contributed by atoms with E-state index in [0.717, 1.165) is 12.1 Å². The summed E-state index contributed by atoms with van der Waals surface area (Å²) >= 11 is 12.8. The first kappa shape index (κ1) is 31.7. The highest BCUT2D eigenvalue weighted by atomic mass is 35.5. The Hall–Kier alpha value is -3.28. The number of nitrogens with one attached hydrogen (secondary N) is 1. The lowest BCUT2D eigenvalue weighted by Gasteiger charge is -2.43. The standard InChI is InChI=1S/C29H31Cl2F3N4O4/c1-4-37-22(23(27(40)42-5-2)25(35-28(37)41)20-7-6-8-21(30)24(20)31)16-36-13-14-38(17(3)15-36)26(39)18-9-11-19(12-10-18)29(32,33)34/h6-12,17,25H,4-5,13-16H2,1-3H3,(H,35,41)/t17-,25-/m0/s1. The van der Waals surface area contributed by atoms with E-state index in [1.54, 1.807) is 36.9 Å². The number of urea groups is 1. The van der Waals surface area contributed by atoms with Gasteiger partial charge in [-0.1, -0.05) is 35.3 Å². The number of benzene rings is 2. The molecular weight excluding hydrogens is 596 g/mol. The van der Waals surface area contributed by atoms with E-state index in [-0.39, 0.29) is 52.8 Å². The third-order valence-corrected chi connectivity index (χ3v) is 8.18. The van der Waals surface area contributed by atoms with Gasteiger partial charge in [-0.25, -0.2) is 9.59 Å². The Bertz CT molecular complexity index is 1380. The minimum absolute atomic E-state index is 0.119. The average Bonchev–Trinajstić information content (AvgIpc) is 2.94. The van der Waals surface area contributed by atoms with Crippen LogP contribution in [0.1, 0.15) is 48.3 Å². The zero-order valence-corrected chi connectivity index (χ0v) is 24.8. The molecule has 1 N–H and O–H groups in total. The van der Waals surface area contributed by atoms with E-state index in [0.29, 0.717) is 30.9 Å². The molecule has 2 aromatic carbocycles. The van der Waals surface area contributed by atoms with Crippen LogP contribution in [-0.4, -0.2) is 78.0 Å². The summed E-state index contributed by atoms with van der Waals surface area (Å²) < 4.78 is 44.3. The maximum atomic E-state index is 13.4. The number of rotatable bonds is 7. The molecule has 0 unspecified atom stereocenters. The van der Waals surface area contributed by atoms with Gasteiger partial charge in [-0.05, 0) is 56.7 Å². The Morgan fingerprint density at radius 3 is 2.36 bits per heavy atom. The van der Waals surface area contributed by atoms with E-state index in [4.69, 9.17) is 27.9 Å². The molecule has 2 heterocycles. The van der Waals surface area contributed by atoms with Crippen LogP contribution in [0.15, 0.2) is 53.7 Å². The average molecular weight is 627 g/mol. The number of nitrogens with zero attached hydrogens (tertiary/aromatic N) is 3. The lowest BCUT2D eigenvalue weighted by molar-refractivity contribution is -0.139. The molecule has 0 bridgehead atoms. The van der Waals surface area contributed by atoms with Crippen LogP contribution in [0.25, 0.3) is 0 Å². The third-order valence-electron chi connectivity index (χ3n) is 7.35. The Balaban J connectivity index is 1.61. The molecule has 42 heavy (non-hydrogen) atoms. The predicted molar refractivity (Wildman–Crippen MR) is 152 cm³/mol. The van der Waals surface area contributed by atoms with E-state index in [2.05, 4.69) is 5.32 Å². The number of likely N-dealkylation sites (N-methyl/N-ethyl adjacent to an activating group) is 1. The number of amides is 3. The van der Waals surface area contributed by atoms with Crippen molar-refractivity contribution in [3.63, 3.8) is 0 Å². The lowest BCUT2D eigenvalue weighted by Crippen LogP contribution is -2.56. The second-order valence-corrected chi connectivity index (χ2v) is 10.8. The van der Waals surface area contributed by atoms with Crippen LogP contribution >= 0.6 is 23.2 Å². The molecule has 13 heteroatoms. The monoisotopic (exact) mass is 626 g/mol. The van der Waals surface area contributed by atoms with Crippen molar-refractivity contribution in [2.75, 3.05) is 39.3 Å². The van der Waals surface area contributed by atoms with E-state index in [1.807, 2.05) is 11.8 Å². The minimum Gasteiger partial charge on any atom is -0.463 e. The Morgan fingerprint density at radius 1 is 1.07 bits per heavy atom. The zero-order valence-electron chi connectivity index (χ0n) is 23.3. The molecule has 2 aromatic rings. The summed E-state index contributed by atoms with van der Waals surface area (Å²) in [4.78, 5) is 44.9. The highest BCUT2D eigenvalue weighted by Gasteiger charge is 2.40. The lowest BCUT2D eigenvalue weighted by atomic mass is 9.93. The van der Waals surface area contributed by atoms with Crippen LogP contribution in [0.5, 0.6) is 0 Å². The second-order valence-electron chi connectivity index (χ2n) is 10.0. The van der Waals surface area contributed by atoms with Gasteiger partial charge in [0.05, 0.1) is 33.8 Å². The Morgan fingerprint density at radius 2 is 1.76 bits per heavy atom. The van der Waals surface area contributed by atoms with Gasteiger partial charge in [-0.2, -0.15) is 13.2 Å². The van der Waals surface area contributed by atoms with Crippen molar-refractivity contribution in [2.24, 2.45) is 0 Å². The number of hydrogen-bond acceptors (Lipinski definition) is 5. The molecule has 2 aliphatic rings. The number of carbonyl (C=O) groups is 3. The molecule has 0 aromatic heterocycles. The van der Waals surface area contributed by atoms with Crippen LogP contribution in [0.2, 0.25) is 10.0 Å². The molecular formula is C29H31Cl2F3N4O4. The topological polar surface area (TPSA) is 82.2 Å². The molecule has 0 spiro atoms. The van der Waals surface area contributed by atoms with E-state index < -0.39 is 29.8 Å². The fourth-order valence-corrected chi connectivity index (χ4v) is 5.71. The molecule has 2 atom stereocenters. The number of piperazine rings is 1. The van der Waals surface area contributed by atoms with Gasteiger partial charge >= 0.3 is 18.2 Å². The Labute approximate surface area is 252 Å². The van der Waals surface area contributed by atoms with Gasteiger partial charge < -0.3 is 15.0 Å². The molecule has 8 nitrogen and oxygen atoms in total. The second kappa shape index (κ2) is 12.9. The van der Waals surface area contributed by atoms with Gasteiger partial charge in [0.1, 0.15) is 0 Å². The number of esters is 1. The van der Waals surface area contributed by atoms with E-state index >= 15 is 0 Å². The summed E-state index contributed by atoms with van der Waals surface area (Å²) in [7, 11) is 0. The zero-order chi connectivity index (χ0) is 30.8. The maximum absolute atomic E-state index is 13.4. The van der Waals surface area contributed by atoms with Crippen LogP contribution in [0, 0.1) is 0 Å². The normalized spacial score (nSPS) is 20.0. The van der Waals surface area contributed by atoms with Crippen molar-refractivity contribution >= 4 is 41.1 Å².